The van der Waals surface area contributed by atoms with E-state index in [0.717, 1.165) is 10.8 Å². The zero-order valence-corrected chi connectivity index (χ0v) is 7.78. The van der Waals surface area contributed by atoms with Gasteiger partial charge in [-0.25, -0.2) is 13.5 Å². The van der Waals surface area contributed by atoms with Crippen molar-refractivity contribution in [1.29, 1.82) is 0 Å². The largest absolute Gasteiger partial charge is 0.268 e. The Hall–Kier alpha value is -1.69. The molecule has 0 amide bonds. The third kappa shape index (κ3) is 1.64. The lowest BCUT2D eigenvalue weighted by Crippen LogP contribution is -2.08. The van der Waals surface area contributed by atoms with Gasteiger partial charge in [0.15, 0.2) is 9.84 Å². The average Bonchev–Trinajstić information content (AvgIpc) is 2.26. The van der Waals surface area contributed by atoms with Crippen LogP contribution in [0.5, 0.6) is 0 Å². The summed E-state index contributed by atoms with van der Waals surface area (Å²) in [5.74, 6) is 0. The fourth-order valence-corrected chi connectivity index (χ4v) is 1.81. The van der Waals surface area contributed by atoms with Crippen LogP contribution in [0, 0.1) is 0 Å². The van der Waals surface area contributed by atoms with Gasteiger partial charge in [0.05, 0.1) is 5.69 Å². The topological polar surface area (TPSA) is 79.9 Å². The zero-order chi connectivity index (χ0) is 10.2. The van der Waals surface area contributed by atoms with Gasteiger partial charge in [0, 0.05) is 22.4 Å². The second-order valence-electron chi connectivity index (χ2n) is 2.77. The highest BCUT2D eigenvalue weighted by Gasteiger charge is 2.08. The molecule has 0 aliphatic carbocycles. The summed E-state index contributed by atoms with van der Waals surface area (Å²) in [6.45, 7) is 0. The van der Waals surface area contributed by atoms with Gasteiger partial charge in [0.1, 0.15) is 0 Å². The van der Waals surface area contributed by atoms with Gasteiger partial charge >= 0.3 is 0 Å². The van der Waals surface area contributed by atoms with E-state index in [0.29, 0.717) is 11.3 Å². The summed E-state index contributed by atoms with van der Waals surface area (Å²) < 4.78 is 22.3. The number of aromatic amines is 1. The Morgan fingerprint density at radius 1 is 1.21 bits per heavy atom. The quantitative estimate of drug-likeness (QED) is 0.660. The molecule has 0 atom stereocenters. The number of nitrogens with one attached hydrogen (secondary N) is 1. The van der Waals surface area contributed by atoms with E-state index in [-0.39, 0.29) is 5.56 Å². The van der Waals surface area contributed by atoms with Crippen molar-refractivity contribution in [2.75, 3.05) is 0 Å². The number of nitrogens with zero attached hydrogens (tertiary/aromatic N) is 1. The minimum absolute atomic E-state index is 0.360. The fourth-order valence-electron chi connectivity index (χ4n) is 1.07. The van der Waals surface area contributed by atoms with Crippen LogP contribution in [0.3, 0.4) is 0 Å². The summed E-state index contributed by atoms with van der Waals surface area (Å²) in [5.41, 5.74) is 0.564. The Morgan fingerprint density at radius 3 is 2.71 bits per heavy atom. The molecule has 0 radical (unpaired) electrons. The van der Waals surface area contributed by atoms with Crippen molar-refractivity contribution in [2.45, 2.75) is 0 Å². The molecule has 0 bridgehead atoms. The highest BCUT2D eigenvalue weighted by molar-refractivity contribution is 7.97. The molecule has 1 aromatic heterocycles. The van der Waals surface area contributed by atoms with Crippen molar-refractivity contribution < 1.29 is 8.42 Å². The van der Waals surface area contributed by atoms with Crippen LogP contribution in [0.4, 0.5) is 0 Å². The standard InChI is InChI=1S/C8H6N2O3S/c11-8-5-6-1-3-14(12,13)4-2-7(6)9-10-8/h1-5H,(H,10,11). The zero-order valence-electron chi connectivity index (χ0n) is 6.97. The van der Waals surface area contributed by atoms with Crippen LogP contribution in [-0.4, -0.2) is 18.6 Å². The summed E-state index contributed by atoms with van der Waals surface area (Å²) in [6, 6.07) is 1.30. The Balaban J connectivity index is 2.71. The number of rotatable bonds is 0. The van der Waals surface area contributed by atoms with Gasteiger partial charge in [-0.1, -0.05) is 0 Å². The van der Waals surface area contributed by atoms with E-state index < -0.39 is 9.84 Å². The number of fused-ring (bicyclic) bond motifs is 1. The normalized spacial score (nSPS) is 17.4. The number of hydrogen-bond acceptors (Lipinski definition) is 4. The van der Waals surface area contributed by atoms with Crippen LogP contribution in [0.2, 0.25) is 0 Å². The summed E-state index contributed by atoms with van der Waals surface area (Å²) in [5, 5.41) is 8.01. The number of sulfone groups is 1. The number of hydrogen-bond donors (Lipinski definition) is 1. The van der Waals surface area contributed by atoms with Gasteiger partial charge < -0.3 is 0 Å². The van der Waals surface area contributed by atoms with Crippen molar-refractivity contribution in [1.82, 2.24) is 10.2 Å². The van der Waals surface area contributed by atoms with Crippen LogP contribution in [0.1, 0.15) is 11.3 Å². The summed E-state index contributed by atoms with van der Waals surface area (Å²) >= 11 is 0. The number of aromatic nitrogens is 2. The van der Waals surface area contributed by atoms with E-state index in [1.54, 1.807) is 0 Å². The van der Waals surface area contributed by atoms with E-state index in [9.17, 15) is 13.2 Å². The molecule has 1 aliphatic rings. The third-order valence-corrected chi connectivity index (χ3v) is 2.75. The average molecular weight is 210 g/mol. The van der Waals surface area contributed by atoms with E-state index >= 15 is 0 Å². The predicted molar refractivity (Wildman–Crippen MR) is 51.8 cm³/mol. The van der Waals surface area contributed by atoms with Crippen LogP contribution >= 0.6 is 0 Å². The first-order chi connectivity index (χ1) is 6.57. The van der Waals surface area contributed by atoms with Gasteiger partial charge in [-0.3, -0.25) is 4.79 Å². The highest BCUT2D eigenvalue weighted by atomic mass is 32.2. The molecule has 1 aliphatic heterocycles. The van der Waals surface area contributed by atoms with Crippen molar-refractivity contribution in [3.05, 3.63) is 38.5 Å². The first-order valence-corrected chi connectivity index (χ1v) is 5.39. The Bertz CT molecular complexity index is 581. The molecular weight excluding hydrogens is 204 g/mol. The van der Waals surface area contributed by atoms with Gasteiger partial charge in [0.2, 0.25) is 0 Å². The maximum Gasteiger partial charge on any atom is 0.264 e. The Labute approximate surface area is 79.7 Å². The molecule has 0 spiro atoms. The molecule has 1 aromatic rings. The van der Waals surface area contributed by atoms with Crippen LogP contribution in [-0.2, 0) is 9.84 Å². The molecule has 0 saturated heterocycles. The van der Waals surface area contributed by atoms with Gasteiger partial charge in [-0.15, -0.1) is 0 Å². The number of H-pyrrole nitrogens is 1. The highest BCUT2D eigenvalue weighted by Crippen LogP contribution is 2.13. The van der Waals surface area contributed by atoms with Gasteiger partial charge in [-0.05, 0) is 12.2 Å². The molecular formula is C8H6N2O3S. The molecule has 0 saturated carbocycles. The molecule has 2 rings (SSSR count). The summed E-state index contributed by atoms with van der Waals surface area (Å²) in [6.07, 6.45) is 2.70. The second-order valence-corrected chi connectivity index (χ2v) is 4.49. The summed E-state index contributed by atoms with van der Waals surface area (Å²) in [7, 11) is -3.32. The van der Waals surface area contributed by atoms with Crippen molar-refractivity contribution in [3.8, 4) is 0 Å². The minimum Gasteiger partial charge on any atom is -0.268 e. The molecule has 2 heterocycles. The van der Waals surface area contributed by atoms with Crippen molar-refractivity contribution in [2.24, 2.45) is 0 Å². The van der Waals surface area contributed by atoms with E-state index in [2.05, 4.69) is 10.2 Å². The van der Waals surface area contributed by atoms with Gasteiger partial charge in [-0.2, -0.15) is 5.10 Å². The van der Waals surface area contributed by atoms with E-state index in [1.165, 1.54) is 18.2 Å². The molecule has 6 heteroatoms. The molecule has 14 heavy (non-hydrogen) atoms. The van der Waals surface area contributed by atoms with E-state index in [1.807, 2.05) is 0 Å². The molecule has 0 unspecified atom stereocenters. The fraction of sp³-hybridized carbons (Fsp3) is 0. The molecule has 72 valence electrons. The summed E-state index contributed by atoms with van der Waals surface area (Å²) in [4.78, 5) is 10.9. The predicted octanol–water partition coefficient (Wildman–Crippen LogP) is 0.140. The smallest absolute Gasteiger partial charge is 0.264 e. The first kappa shape index (κ1) is 8.89. The minimum atomic E-state index is -3.32. The van der Waals surface area contributed by atoms with Crippen molar-refractivity contribution >= 4 is 22.0 Å². The molecule has 0 aromatic carbocycles. The molecule has 0 fully saturated rings. The van der Waals surface area contributed by atoms with Crippen LogP contribution in [0.25, 0.3) is 12.2 Å². The lowest BCUT2D eigenvalue weighted by molar-refractivity contribution is 0.613. The SMILES string of the molecule is O=c1cc2c(n[nH]1)C=CS(=O)(=O)C=C2. The third-order valence-electron chi connectivity index (χ3n) is 1.72. The maximum absolute atomic E-state index is 11.1. The molecule has 1 N–H and O–H groups in total. The first-order valence-electron chi connectivity index (χ1n) is 3.78. The monoisotopic (exact) mass is 210 g/mol. The second kappa shape index (κ2) is 2.91. The van der Waals surface area contributed by atoms with Crippen LogP contribution < -0.4 is 5.56 Å². The maximum atomic E-state index is 11.1. The van der Waals surface area contributed by atoms with Crippen molar-refractivity contribution in [3.63, 3.8) is 0 Å². The Kier molecular flexibility index (Phi) is 1.85. The molecule has 5 nitrogen and oxygen atoms in total. The van der Waals surface area contributed by atoms with E-state index in [4.69, 9.17) is 0 Å². The lowest BCUT2D eigenvalue weighted by atomic mass is 10.2. The Morgan fingerprint density at radius 2 is 1.93 bits per heavy atom. The van der Waals surface area contributed by atoms with Crippen LogP contribution in [0.15, 0.2) is 21.7 Å². The van der Waals surface area contributed by atoms with Gasteiger partial charge in [0.25, 0.3) is 5.56 Å². The lowest BCUT2D eigenvalue weighted by Gasteiger charge is -1.94.